The van der Waals surface area contributed by atoms with E-state index < -0.39 is 0 Å². The lowest BCUT2D eigenvalue weighted by molar-refractivity contribution is 0.124. The third kappa shape index (κ3) is 4.15. The molecule has 0 spiro atoms. The molecule has 0 bridgehead atoms. The van der Waals surface area contributed by atoms with E-state index >= 15 is 0 Å². The fraction of sp³-hybridized carbons (Fsp3) is 0.700. The number of methoxy groups -OCH3 is 1. The standard InChI is InChI=1S/C10H19N3OS/c1-8(2)13(4-5-14-3)6-9-7-15-10(11)12-9/h7-8H,4-6H2,1-3H3,(H2,11,12). The van der Waals surface area contributed by atoms with Crippen LogP contribution in [0.3, 0.4) is 0 Å². The van der Waals surface area contributed by atoms with Crippen LogP contribution in [0.25, 0.3) is 0 Å². The zero-order valence-electron chi connectivity index (χ0n) is 9.56. The van der Waals surface area contributed by atoms with Crippen LogP contribution in [0, 0.1) is 0 Å². The lowest BCUT2D eigenvalue weighted by Crippen LogP contribution is -2.33. The van der Waals surface area contributed by atoms with E-state index in [4.69, 9.17) is 10.5 Å². The third-order valence-electron chi connectivity index (χ3n) is 2.25. The Kier molecular flexibility index (Phi) is 5.01. The topological polar surface area (TPSA) is 51.4 Å². The third-order valence-corrected chi connectivity index (χ3v) is 2.97. The number of thiazole rings is 1. The van der Waals surface area contributed by atoms with E-state index in [9.17, 15) is 0 Å². The summed E-state index contributed by atoms with van der Waals surface area (Å²) >= 11 is 1.49. The van der Waals surface area contributed by atoms with Crippen molar-refractivity contribution in [1.29, 1.82) is 0 Å². The van der Waals surface area contributed by atoms with Gasteiger partial charge in [0.05, 0.1) is 12.3 Å². The van der Waals surface area contributed by atoms with E-state index in [1.54, 1.807) is 7.11 Å². The predicted molar refractivity (Wildman–Crippen MR) is 63.9 cm³/mol. The quantitative estimate of drug-likeness (QED) is 0.804. The van der Waals surface area contributed by atoms with Crippen molar-refractivity contribution in [3.05, 3.63) is 11.1 Å². The summed E-state index contributed by atoms with van der Waals surface area (Å²) in [5.74, 6) is 0. The summed E-state index contributed by atoms with van der Waals surface area (Å²) in [6.07, 6.45) is 0. The molecule has 86 valence electrons. The molecule has 0 aliphatic rings. The molecule has 0 unspecified atom stereocenters. The highest BCUT2D eigenvalue weighted by atomic mass is 32.1. The number of hydrogen-bond acceptors (Lipinski definition) is 5. The molecule has 0 aliphatic heterocycles. The summed E-state index contributed by atoms with van der Waals surface area (Å²) in [4.78, 5) is 6.57. The predicted octanol–water partition coefficient (Wildman–Crippen LogP) is 1.58. The van der Waals surface area contributed by atoms with Crippen LogP contribution >= 0.6 is 11.3 Å². The van der Waals surface area contributed by atoms with Gasteiger partial charge in [-0.15, -0.1) is 11.3 Å². The van der Waals surface area contributed by atoms with Gasteiger partial charge in [-0.25, -0.2) is 4.98 Å². The van der Waals surface area contributed by atoms with Gasteiger partial charge in [0, 0.05) is 31.6 Å². The molecule has 0 radical (unpaired) electrons. The number of anilines is 1. The number of nitrogens with two attached hydrogens (primary N) is 1. The largest absolute Gasteiger partial charge is 0.383 e. The summed E-state index contributed by atoms with van der Waals surface area (Å²) in [7, 11) is 1.72. The number of aromatic nitrogens is 1. The Labute approximate surface area is 95.1 Å². The van der Waals surface area contributed by atoms with Gasteiger partial charge in [-0.1, -0.05) is 0 Å². The van der Waals surface area contributed by atoms with E-state index in [-0.39, 0.29) is 0 Å². The van der Waals surface area contributed by atoms with Crippen LogP contribution in [0.2, 0.25) is 0 Å². The maximum absolute atomic E-state index is 5.59. The van der Waals surface area contributed by atoms with Crippen LogP contribution in [0.15, 0.2) is 5.38 Å². The summed E-state index contributed by atoms with van der Waals surface area (Å²) < 4.78 is 5.08. The van der Waals surface area contributed by atoms with Gasteiger partial charge >= 0.3 is 0 Å². The Balaban J connectivity index is 2.50. The highest BCUT2D eigenvalue weighted by Gasteiger charge is 2.11. The van der Waals surface area contributed by atoms with Crippen LogP contribution in [-0.4, -0.2) is 36.2 Å². The van der Waals surface area contributed by atoms with E-state index in [0.717, 1.165) is 25.4 Å². The first-order valence-corrected chi connectivity index (χ1v) is 5.94. The lowest BCUT2D eigenvalue weighted by Gasteiger charge is -2.25. The number of nitrogen functional groups attached to an aromatic ring is 1. The first kappa shape index (κ1) is 12.4. The zero-order valence-corrected chi connectivity index (χ0v) is 10.4. The maximum Gasteiger partial charge on any atom is 0.180 e. The number of ether oxygens (including phenoxy) is 1. The molecule has 0 atom stereocenters. The molecule has 0 amide bonds. The summed E-state index contributed by atoms with van der Waals surface area (Å²) in [5.41, 5.74) is 6.64. The molecular formula is C10H19N3OS. The first-order chi connectivity index (χ1) is 7.13. The van der Waals surface area contributed by atoms with Crippen LogP contribution in [0.4, 0.5) is 5.13 Å². The second-order valence-electron chi connectivity index (χ2n) is 3.73. The molecule has 0 aliphatic carbocycles. The molecule has 0 saturated carbocycles. The van der Waals surface area contributed by atoms with Crippen LogP contribution < -0.4 is 5.73 Å². The van der Waals surface area contributed by atoms with Gasteiger partial charge in [-0.05, 0) is 13.8 Å². The minimum Gasteiger partial charge on any atom is -0.383 e. The Morgan fingerprint density at radius 3 is 2.80 bits per heavy atom. The average molecular weight is 229 g/mol. The first-order valence-electron chi connectivity index (χ1n) is 5.06. The van der Waals surface area contributed by atoms with Crippen molar-refractivity contribution in [3.8, 4) is 0 Å². The number of nitrogens with zero attached hydrogens (tertiary/aromatic N) is 2. The zero-order chi connectivity index (χ0) is 11.3. The molecular weight excluding hydrogens is 210 g/mol. The van der Waals surface area contributed by atoms with Gasteiger partial charge in [0.25, 0.3) is 0 Å². The minimum absolute atomic E-state index is 0.489. The van der Waals surface area contributed by atoms with E-state index in [1.807, 2.05) is 5.38 Å². The van der Waals surface area contributed by atoms with Crippen LogP contribution in [-0.2, 0) is 11.3 Å². The molecule has 4 nitrogen and oxygen atoms in total. The monoisotopic (exact) mass is 229 g/mol. The van der Waals surface area contributed by atoms with Gasteiger partial charge in [-0.2, -0.15) is 0 Å². The number of hydrogen-bond donors (Lipinski definition) is 1. The van der Waals surface area contributed by atoms with Crippen molar-refractivity contribution in [2.24, 2.45) is 0 Å². The Hall–Kier alpha value is -0.650. The van der Waals surface area contributed by atoms with Crippen molar-refractivity contribution in [2.75, 3.05) is 26.0 Å². The van der Waals surface area contributed by atoms with Crippen LogP contribution in [0.5, 0.6) is 0 Å². The molecule has 0 aromatic carbocycles. The van der Waals surface area contributed by atoms with E-state index in [0.29, 0.717) is 11.2 Å². The Morgan fingerprint density at radius 1 is 1.60 bits per heavy atom. The van der Waals surface area contributed by atoms with E-state index in [2.05, 4.69) is 23.7 Å². The minimum atomic E-state index is 0.489. The number of rotatable bonds is 6. The Bertz CT molecular complexity index is 288. The lowest BCUT2D eigenvalue weighted by atomic mass is 10.3. The second-order valence-corrected chi connectivity index (χ2v) is 4.62. The molecule has 15 heavy (non-hydrogen) atoms. The van der Waals surface area contributed by atoms with Crippen molar-refractivity contribution in [3.63, 3.8) is 0 Å². The van der Waals surface area contributed by atoms with E-state index in [1.165, 1.54) is 11.3 Å². The molecule has 2 N–H and O–H groups in total. The normalized spacial score (nSPS) is 11.5. The smallest absolute Gasteiger partial charge is 0.180 e. The van der Waals surface area contributed by atoms with Gasteiger partial charge in [0.15, 0.2) is 5.13 Å². The fourth-order valence-corrected chi connectivity index (χ4v) is 1.89. The summed E-state index contributed by atoms with van der Waals surface area (Å²) in [6, 6.07) is 0.489. The van der Waals surface area contributed by atoms with Gasteiger partial charge in [0.1, 0.15) is 0 Å². The van der Waals surface area contributed by atoms with Crippen molar-refractivity contribution in [2.45, 2.75) is 26.4 Å². The fourth-order valence-electron chi connectivity index (χ4n) is 1.33. The second kappa shape index (κ2) is 6.05. The van der Waals surface area contributed by atoms with Crippen molar-refractivity contribution >= 4 is 16.5 Å². The molecule has 1 aromatic rings. The average Bonchev–Trinajstić information content (AvgIpc) is 2.58. The van der Waals surface area contributed by atoms with Crippen LogP contribution in [0.1, 0.15) is 19.5 Å². The molecule has 1 heterocycles. The van der Waals surface area contributed by atoms with Crippen molar-refractivity contribution in [1.82, 2.24) is 9.88 Å². The maximum atomic E-state index is 5.59. The molecule has 1 aromatic heterocycles. The molecule has 0 fully saturated rings. The summed E-state index contributed by atoms with van der Waals surface area (Å²) in [5, 5.41) is 2.65. The molecule has 1 rings (SSSR count). The molecule has 0 saturated heterocycles. The van der Waals surface area contributed by atoms with Gasteiger partial charge in [0.2, 0.25) is 0 Å². The van der Waals surface area contributed by atoms with Crippen molar-refractivity contribution < 1.29 is 4.74 Å². The van der Waals surface area contributed by atoms with Gasteiger partial charge in [-0.3, -0.25) is 4.90 Å². The SMILES string of the molecule is COCCN(Cc1csc(N)n1)C(C)C. The molecule has 5 heteroatoms. The highest BCUT2D eigenvalue weighted by molar-refractivity contribution is 7.13. The van der Waals surface area contributed by atoms with Gasteiger partial charge < -0.3 is 10.5 Å². The highest BCUT2D eigenvalue weighted by Crippen LogP contribution is 2.14. The Morgan fingerprint density at radius 2 is 2.33 bits per heavy atom. The summed E-state index contributed by atoms with van der Waals surface area (Å²) in [6.45, 7) is 6.86.